The van der Waals surface area contributed by atoms with Gasteiger partial charge in [-0.15, -0.1) is 0 Å². The van der Waals surface area contributed by atoms with Crippen molar-refractivity contribution in [1.29, 1.82) is 0 Å². The minimum absolute atomic E-state index is 0.476. The van der Waals surface area contributed by atoms with E-state index in [0.717, 1.165) is 0 Å². The van der Waals surface area contributed by atoms with Gasteiger partial charge in [-0.3, -0.25) is 0 Å². The van der Waals surface area contributed by atoms with Gasteiger partial charge < -0.3 is 9.84 Å². The molecule has 0 amide bonds. The summed E-state index contributed by atoms with van der Waals surface area (Å²) in [6.07, 6.45) is -0.648. The summed E-state index contributed by atoms with van der Waals surface area (Å²) in [6.45, 7) is 0. The first-order valence-corrected chi connectivity index (χ1v) is 2.70. The molecule has 0 aliphatic rings. The summed E-state index contributed by atoms with van der Waals surface area (Å²) in [5.41, 5.74) is 0. The van der Waals surface area contributed by atoms with Crippen molar-refractivity contribution in [1.82, 2.24) is 0 Å². The molecule has 38 valence electrons. The molecule has 0 aromatic heterocycles. The van der Waals surface area contributed by atoms with E-state index in [4.69, 9.17) is 5.11 Å². The molecule has 3 heteroatoms. The molecule has 0 spiro atoms. The van der Waals surface area contributed by atoms with Gasteiger partial charge in [0.05, 0.1) is 5.33 Å². The van der Waals surface area contributed by atoms with E-state index >= 15 is 0 Å². The first-order chi connectivity index (χ1) is 2.81. The average molecular weight is 155 g/mol. The molecule has 1 atom stereocenters. The molecule has 0 radical (unpaired) electrons. The van der Waals surface area contributed by atoms with E-state index in [1.807, 2.05) is 0 Å². The van der Waals surface area contributed by atoms with Gasteiger partial charge in [0.2, 0.25) is 0 Å². The molecule has 6 heavy (non-hydrogen) atoms. The predicted molar refractivity (Wildman–Crippen MR) is 26.8 cm³/mol. The molecule has 0 saturated carbocycles. The summed E-state index contributed by atoms with van der Waals surface area (Å²) in [5.74, 6) is 0. The number of alkyl halides is 1. The molecule has 0 aromatic carbocycles. The van der Waals surface area contributed by atoms with Gasteiger partial charge in [0.25, 0.3) is 0 Å². The van der Waals surface area contributed by atoms with Crippen molar-refractivity contribution in [3.8, 4) is 0 Å². The summed E-state index contributed by atoms with van der Waals surface area (Å²) < 4.78 is 4.41. The first-order valence-electron chi connectivity index (χ1n) is 1.58. The van der Waals surface area contributed by atoms with Crippen LogP contribution in [0.4, 0.5) is 0 Å². The van der Waals surface area contributed by atoms with E-state index in [-0.39, 0.29) is 0 Å². The molecule has 0 rings (SSSR count). The van der Waals surface area contributed by atoms with Crippen molar-refractivity contribution in [2.45, 2.75) is 6.29 Å². The van der Waals surface area contributed by atoms with Crippen molar-refractivity contribution in [3.05, 3.63) is 0 Å². The average Bonchev–Trinajstić information content (AvgIpc) is 1.65. The molecule has 1 unspecified atom stereocenters. The number of methoxy groups -OCH3 is 1. The number of aliphatic hydroxyl groups is 1. The Kier molecular flexibility index (Phi) is 3.82. The third-order valence-electron chi connectivity index (χ3n) is 0.404. The third-order valence-corrected chi connectivity index (χ3v) is 0.958. The Morgan fingerprint density at radius 1 is 2.00 bits per heavy atom. The molecule has 1 N–H and O–H groups in total. The zero-order chi connectivity index (χ0) is 4.99. The van der Waals surface area contributed by atoms with Crippen LogP contribution in [0, 0.1) is 0 Å². The zero-order valence-corrected chi connectivity index (χ0v) is 5.10. The van der Waals surface area contributed by atoms with Gasteiger partial charge in [-0.05, 0) is 0 Å². The predicted octanol–water partition coefficient (Wildman–Crippen LogP) is 0.346. The van der Waals surface area contributed by atoms with Crippen LogP contribution >= 0.6 is 15.9 Å². The Hall–Kier alpha value is 0.400. The fraction of sp³-hybridized carbons (Fsp3) is 1.00. The lowest BCUT2D eigenvalue weighted by Gasteiger charge is -1.99. The van der Waals surface area contributed by atoms with Crippen LogP contribution in [0.2, 0.25) is 0 Å². The fourth-order valence-corrected chi connectivity index (χ4v) is 0.327. The zero-order valence-electron chi connectivity index (χ0n) is 3.52. The summed E-state index contributed by atoms with van der Waals surface area (Å²) in [5, 5.41) is 8.87. The van der Waals surface area contributed by atoms with Crippen LogP contribution in [0.15, 0.2) is 0 Å². The highest BCUT2D eigenvalue weighted by Gasteiger charge is 1.92. The molecule has 2 nitrogen and oxygen atoms in total. The van der Waals surface area contributed by atoms with Gasteiger partial charge >= 0.3 is 0 Å². The SMILES string of the molecule is COC(O)CBr. The van der Waals surface area contributed by atoms with Crippen LogP contribution in [-0.2, 0) is 4.74 Å². The monoisotopic (exact) mass is 154 g/mol. The minimum Gasteiger partial charge on any atom is -0.367 e. The quantitative estimate of drug-likeness (QED) is 0.460. The minimum atomic E-state index is -0.648. The van der Waals surface area contributed by atoms with Crippen molar-refractivity contribution >= 4 is 15.9 Å². The Morgan fingerprint density at radius 2 is 2.50 bits per heavy atom. The summed E-state index contributed by atoms with van der Waals surface area (Å²) >= 11 is 3.00. The van der Waals surface area contributed by atoms with Gasteiger partial charge in [-0.1, -0.05) is 15.9 Å². The summed E-state index contributed by atoms with van der Waals surface area (Å²) in [6, 6.07) is 0. The topological polar surface area (TPSA) is 29.5 Å². The van der Waals surface area contributed by atoms with Gasteiger partial charge in [0, 0.05) is 7.11 Å². The van der Waals surface area contributed by atoms with E-state index in [1.165, 1.54) is 7.11 Å². The van der Waals surface area contributed by atoms with E-state index < -0.39 is 6.29 Å². The maximum Gasteiger partial charge on any atom is 0.163 e. The molecular weight excluding hydrogens is 148 g/mol. The fourth-order valence-electron chi connectivity index (χ4n) is 0.0630. The van der Waals surface area contributed by atoms with Crippen LogP contribution in [-0.4, -0.2) is 23.8 Å². The van der Waals surface area contributed by atoms with Crippen molar-refractivity contribution in [3.63, 3.8) is 0 Å². The second kappa shape index (κ2) is 3.59. The lowest BCUT2D eigenvalue weighted by atomic mass is 10.8. The maximum atomic E-state index is 8.40. The van der Waals surface area contributed by atoms with Gasteiger partial charge in [-0.25, -0.2) is 0 Å². The highest BCUT2D eigenvalue weighted by molar-refractivity contribution is 9.09. The summed E-state index contributed by atoms with van der Waals surface area (Å²) in [4.78, 5) is 0. The largest absolute Gasteiger partial charge is 0.367 e. The van der Waals surface area contributed by atoms with Crippen molar-refractivity contribution in [2.75, 3.05) is 12.4 Å². The Bertz CT molecular complexity index is 28.0. The third kappa shape index (κ3) is 2.63. The van der Waals surface area contributed by atoms with Crippen LogP contribution in [0.25, 0.3) is 0 Å². The van der Waals surface area contributed by atoms with Crippen molar-refractivity contribution in [2.24, 2.45) is 0 Å². The van der Waals surface area contributed by atoms with Gasteiger partial charge in [0.15, 0.2) is 6.29 Å². The number of ether oxygens (including phenoxy) is 1. The second-order valence-corrected chi connectivity index (χ2v) is 1.49. The van der Waals surface area contributed by atoms with Crippen LogP contribution in [0.5, 0.6) is 0 Å². The standard InChI is InChI=1S/C3H7BrO2/c1-6-3(5)2-4/h3,5H,2H2,1H3. The Labute approximate surface area is 45.2 Å². The molecule has 0 aliphatic heterocycles. The second-order valence-electron chi connectivity index (χ2n) is 0.845. The van der Waals surface area contributed by atoms with E-state index in [2.05, 4.69) is 20.7 Å². The number of halogens is 1. The van der Waals surface area contributed by atoms with E-state index in [1.54, 1.807) is 0 Å². The maximum absolute atomic E-state index is 8.40. The highest BCUT2D eigenvalue weighted by Crippen LogP contribution is 1.87. The Morgan fingerprint density at radius 3 is 2.50 bits per heavy atom. The molecule has 0 aromatic rings. The van der Waals surface area contributed by atoms with E-state index in [9.17, 15) is 0 Å². The molecule has 0 saturated heterocycles. The molecule has 0 aliphatic carbocycles. The lowest BCUT2D eigenvalue weighted by molar-refractivity contribution is -0.0537. The molecule has 0 fully saturated rings. The van der Waals surface area contributed by atoms with E-state index in [0.29, 0.717) is 5.33 Å². The van der Waals surface area contributed by atoms with Gasteiger partial charge in [-0.2, -0.15) is 0 Å². The van der Waals surface area contributed by atoms with Crippen LogP contribution in [0.3, 0.4) is 0 Å². The van der Waals surface area contributed by atoms with Crippen molar-refractivity contribution < 1.29 is 9.84 Å². The smallest absolute Gasteiger partial charge is 0.163 e. The van der Waals surface area contributed by atoms with Crippen LogP contribution in [0.1, 0.15) is 0 Å². The van der Waals surface area contributed by atoms with Gasteiger partial charge in [0.1, 0.15) is 0 Å². The molecule has 0 bridgehead atoms. The number of aliphatic hydroxyl groups excluding tert-OH is 1. The van der Waals surface area contributed by atoms with Crippen LogP contribution < -0.4 is 0 Å². The first kappa shape index (κ1) is 6.40. The number of rotatable bonds is 2. The lowest BCUT2D eigenvalue weighted by Crippen LogP contribution is -2.08. The number of hydrogen-bond donors (Lipinski definition) is 1. The molecule has 0 heterocycles. The Balaban J connectivity index is 2.75. The summed E-state index contributed by atoms with van der Waals surface area (Å²) in [7, 11) is 1.45. The number of hydrogen-bond acceptors (Lipinski definition) is 2. The highest BCUT2D eigenvalue weighted by atomic mass is 79.9. The normalized spacial score (nSPS) is 14.5. The molecular formula is C3H7BrO2.